The Bertz CT molecular complexity index is 1160. The van der Waals surface area contributed by atoms with E-state index in [-0.39, 0.29) is 5.56 Å². The number of hydrogen-bond donors (Lipinski definition) is 1. The van der Waals surface area contributed by atoms with Crippen molar-refractivity contribution in [2.45, 2.75) is 20.4 Å². The summed E-state index contributed by atoms with van der Waals surface area (Å²) in [7, 11) is 6.20. The van der Waals surface area contributed by atoms with Gasteiger partial charge in [-0.2, -0.15) is 0 Å². The quantitative estimate of drug-likeness (QED) is 0.480. The Morgan fingerprint density at radius 1 is 0.879 bits per heavy atom. The number of fused-ring (bicyclic) bond motifs is 1. The average molecular weight is 455 g/mol. The molecule has 2 aromatic carbocycles. The fourth-order valence-electron chi connectivity index (χ4n) is 3.94. The Morgan fingerprint density at radius 3 is 2.00 bits per heavy atom. The third-order valence-electron chi connectivity index (χ3n) is 5.72. The van der Waals surface area contributed by atoms with E-state index in [1.54, 1.807) is 52.7 Å². The van der Waals surface area contributed by atoms with Crippen molar-refractivity contribution in [1.82, 2.24) is 9.88 Å². The highest BCUT2D eigenvalue weighted by molar-refractivity contribution is 6.08. The largest absolute Gasteiger partial charge is 0.493 e. The van der Waals surface area contributed by atoms with Crippen molar-refractivity contribution in [2.24, 2.45) is 0 Å². The molecule has 0 aliphatic heterocycles. The van der Waals surface area contributed by atoms with Gasteiger partial charge in [0.2, 0.25) is 0 Å². The van der Waals surface area contributed by atoms with Gasteiger partial charge in [0.05, 0.1) is 45.2 Å². The van der Waals surface area contributed by atoms with Crippen molar-refractivity contribution in [3.05, 3.63) is 41.6 Å². The van der Waals surface area contributed by atoms with Crippen molar-refractivity contribution >= 4 is 16.9 Å². The molecule has 1 aromatic heterocycles. The van der Waals surface area contributed by atoms with Gasteiger partial charge in [-0.15, -0.1) is 0 Å². The molecule has 1 N–H and O–H groups in total. The van der Waals surface area contributed by atoms with E-state index in [9.17, 15) is 9.90 Å². The lowest BCUT2D eigenvalue weighted by atomic mass is 9.93. The van der Waals surface area contributed by atoms with Gasteiger partial charge < -0.3 is 24.1 Å². The van der Waals surface area contributed by atoms with E-state index in [1.165, 1.54) is 0 Å². The van der Waals surface area contributed by atoms with Gasteiger partial charge in [-0.05, 0) is 36.9 Å². The third kappa shape index (κ3) is 4.66. The van der Waals surface area contributed by atoms with E-state index >= 15 is 0 Å². The number of hydrogen-bond acceptors (Lipinski definition) is 7. The number of aromatic carboxylic acids is 1. The number of carboxylic acid groups (broad SMARTS) is 1. The summed E-state index contributed by atoms with van der Waals surface area (Å²) in [5, 5.41) is 10.9. The summed E-state index contributed by atoms with van der Waals surface area (Å²) < 4.78 is 21.8. The van der Waals surface area contributed by atoms with Crippen LogP contribution in [0.1, 0.15) is 29.9 Å². The first-order valence-corrected chi connectivity index (χ1v) is 10.7. The first kappa shape index (κ1) is 24.1. The molecule has 0 aliphatic rings. The Kier molecular flexibility index (Phi) is 7.60. The van der Waals surface area contributed by atoms with Crippen LogP contribution in [0.3, 0.4) is 0 Å². The van der Waals surface area contributed by atoms with Crippen LogP contribution in [0.15, 0.2) is 30.3 Å². The third-order valence-corrected chi connectivity index (χ3v) is 5.72. The van der Waals surface area contributed by atoms with Gasteiger partial charge >= 0.3 is 5.97 Å². The van der Waals surface area contributed by atoms with Crippen LogP contribution in [0.2, 0.25) is 0 Å². The van der Waals surface area contributed by atoms with Gasteiger partial charge in [0.25, 0.3) is 0 Å². The minimum Gasteiger partial charge on any atom is -0.493 e. The molecule has 3 aromatic rings. The van der Waals surface area contributed by atoms with Crippen molar-refractivity contribution in [2.75, 3.05) is 41.5 Å². The van der Waals surface area contributed by atoms with Crippen LogP contribution in [0.4, 0.5) is 0 Å². The molecule has 0 spiro atoms. The highest BCUT2D eigenvalue weighted by Gasteiger charge is 2.25. The molecular weight excluding hydrogens is 424 g/mol. The first-order chi connectivity index (χ1) is 15.9. The summed E-state index contributed by atoms with van der Waals surface area (Å²) in [6.07, 6.45) is 0. The molecule has 0 saturated carbocycles. The number of ether oxygens (including phenoxy) is 4. The zero-order valence-electron chi connectivity index (χ0n) is 19.9. The SMILES string of the molecule is CCN(CC)Cc1nc2cc(OC)c(OC)cc2c(-c2ccc(OC)c(OC)c2)c1C(=O)O. The normalized spacial score (nSPS) is 11.0. The highest BCUT2D eigenvalue weighted by atomic mass is 16.5. The Morgan fingerprint density at radius 2 is 1.45 bits per heavy atom. The number of aromatic nitrogens is 1. The van der Waals surface area contributed by atoms with E-state index in [2.05, 4.69) is 4.90 Å². The van der Waals surface area contributed by atoms with Gasteiger partial charge in [-0.1, -0.05) is 19.9 Å². The average Bonchev–Trinajstić information content (AvgIpc) is 2.84. The van der Waals surface area contributed by atoms with Crippen molar-refractivity contribution in [3.8, 4) is 34.1 Å². The van der Waals surface area contributed by atoms with E-state index in [4.69, 9.17) is 23.9 Å². The molecular formula is C25H30N2O6. The Labute approximate surface area is 193 Å². The van der Waals surface area contributed by atoms with E-state index < -0.39 is 5.97 Å². The monoisotopic (exact) mass is 454 g/mol. The number of benzene rings is 2. The maximum atomic E-state index is 12.6. The fourth-order valence-corrected chi connectivity index (χ4v) is 3.94. The summed E-state index contributed by atoms with van der Waals surface area (Å²) in [6.45, 7) is 6.02. The van der Waals surface area contributed by atoms with Crippen molar-refractivity contribution < 1.29 is 28.8 Å². The second kappa shape index (κ2) is 10.4. The molecule has 0 fully saturated rings. The van der Waals surface area contributed by atoms with E-state index in [0.29, 0.717) is 57.3 Å². The van der Waals surface area contributed by atoms with Crippen LogP contribution in [0.25, 0.3) is 22.0 Å². The number of pyridine rings is 1. The van der Waals surface area contributed by atoms with Crippen molar-refractivity contribution in [3.63, 3.8) is 0 Å². The zero-order valence-corrected chi connectivity index (χ0v) is 19.9. The first-order valence-electron chi connectivity index (χ1n) is 10.7. The Hall–Kier alpha value is -3.52. The van der Waals surface area contributed by atoms with Crippen LogP contribution in [0.5, 0.6) is 23.0 Å². The molecule has 0 bridgehead atoms. The number of carboxylic acids is 1. The summed E-state index contributed by atoms with van der Waals surface area (Å²) in [6, 6.07) is 8.89. The van der Waals surface area contributed by atoms with Gasteiger partial charge in [-0.25, -0.2) is 4.79 Å². The van der Waals surface area contributed by atoms with Gasteiger partial charge in [0.15, 0.2) is 23.0 Å². The summed E-state index contributed by atoms with van der Waals surface area (Å²) in [5.74, 6) is 1.02. The van der Waals surface area contributed by atoms with Crippen LogP contribution < -0.4 is 18.9 Å². The molecule has 1 heterocycles. The van der Waals surface area contributed by atoms with Gasteiger partial charge in [-0.3, -0.25) is 9.88 Å². The van der Waals surface area contributed by atoms with Crippen LogP contribution in [0, 0.1) is 0 Å². The molecule has 3 rings (SSSR count). The number of carbonyl (C=O) groups is 1. The fraction of sp³-hybridized carbons (Fsp3) is 0.360. The number of methoxy groups -OCH3 is 4. The van der Waals surface area contributed by atoms with E-state index in [0.717, 1.165) is 13.1 Å². The second-order valence-electron chi connectivity index (χ2n) is 7.37. The molecule has 176 valence electrons. The number of nitrogens with zero attached hydrogens (tertiary/aromatic N) is 2. The minimum absolute atomic E-state index is 0.147. The maximum absolute atomic E-state index is 12.6. The molecule has 8 nitrogen and oxygen atoms in total. The topological polar surface area (TPSA) is 90.4 Å². The van der Waals surface area contributed by atoms with Crippen LogP contribution in [-0.2, 0) is 6.54 Å². The van der Waals surface area contributed by atoms with Gasteiger partial charge in [0.1, 0.15) is 0 Å². The lowest BCUT2D eigenvalue weighted by Crippen LogP contribution is -2.24. The summed E-state index contributed by atoms with van der Waals surface area (Å²) in [5.41, 5.74) is 2.45. The molecule has 0 atom stereocenters. The van der Waals surface area contributed by atoms with Crippen LogP contribution >= 0.6 is 0 Å². The zero-order chi connectivity index (χ0) is 24.1. The summed E-state index contributed by atoms with van der Waals surface area (Å²) >= 11 is 0. The second-order valence-corrected chi connectivity index (χ2v) is 7.37. The predicted octanol–water partition coefficient (Wildman–Crippen LogP) is 4.48. The number of rotatable bonds is 10. The molecule has 0 radical (unpaired) electrons. The molecule has 0 amide bonds. The maximum Gasteiger partial charge on any atom is 0.338 e. The minimum atomic E-state index is -1.05. The predicted molar refractivity (Wildman–Crippen MR) is 127 cm³/mol. The highest BCUT2D eigenvalue weighted by Crippen LogP contribution is 2.41. The smallest absolute Gasteiger partial charge is 0.338 e. The Balaban J connectivity index is 2.45. The van der Waals surface area contributed by atoms with Gasteiger partial charge in [0, 0.05) is 23.6 Å². The van der Waals surface area contributed by atoms with E-state index in [1.807, 2.05) is 19.9 Å². The summed E-state index contributed by atoms with van der Waals surface area (Å²) in [4.78, 5) is 19.5. The molecule has 8 heteroatoms. The molecule has 0 aliphatic carbocycles. The van der Waals surface area contributed by atoms with Crippen molar-refractivity contribution in [1.29, 1.82) is 0 Å². The lowest BCUT2D eigenvalue weighted by molar-refractivity contribution is 0.0695. The molecule has 33 heavy (non-hydrogen) atoms. The lowest BCUT2D eigenvalue weighted by Gasteiger charge is -2.22. The molecule has 0 unspecified atom stereocenters. The van der Waals surface area contributed by atoms with Crippen LogP contribution in [-0.4, -0.2) is 62.5 Å². The standard InChI is InChI=1S/C25H30N2O6/c1-7-27(8-2)14-18-24(25(28)29)23(15-9-10-19(30-3)20(11-15)31-4)16-12-21(32-5)22(33-6)13-17(16)26-18/h9-13H,7-8,14H2,1-6H3,(H,28,29). The molecule has 0 saturated heterocycles.